The van der Waals surface area contributed by atoms with Crippen LogP contribution in [-0.4, -0.2) is 47.1 Å². The van der Waals surface area contributed by atoms with Gasteiger partial charge in [-0.25, -0.2) is 0 Å². The molecule has 0 saturated carbocycles. The second kappa shape index (κ2) is 6.23. The first-order chi connectivity index (χ1) is 9.81. The maximum atomic E-state index is 12.8. The van der Waals surface area contributed by atoms with E-state index in [4.69, 9.17) is 0 Å². The van der Waals surface area contributed by atoms with Crippen molar-refractivity contribution in [1.29, 1.82) is 0 Å². The van der Waals surface area contributed by atoms with E-state index in [1.165, 1.54) is 0 Å². The molecule has 21 heavy (non-hydrogen) atoms. The highest BCUT2D eigenvalue weighted by Gasteiger charge is 2.34. The van der Waals surface area contributed by atoms with E-state index in [0.29, 0.717) is 18.2 Å². The van der Waals surface area contributed by atoms with Crippen molar-refractivity contribution in [3.05, 3.63) is 29.3 Å². The Morgan fingerprint density at radius 2 is 2.00 bits per heavy atom. The van der Waals surface area contributed by atoms with Gasteiger partial charge in [0.15, 0.2) is 0 Å². The number of halogens is 3. The lowest BCUT2D eigenvalue weighted by Crippen LogP contribution is -2.51. The summed E-state index contributed by atoms with van der Waals surface area (Å²) in [5, 5.41) is 9.34. The minimum Gasteiger partial charge on any atom is -0.507 e. The van der Waals surface area contributed by atoms with Crippen molar-refractivity contribution in [2.24, 2.45) is 0 Å². The minimum atomic E-state index is -4.52. The van der Waals surface area contributed by atoms with E-state index in [2.05, 4.69) is 23.6 Å². The normalized spacial score (nSPS) is 21.7. The number of phenolic OH excluding ortho intramolecular Hbond substituents is 1. The van der Waals surface area contributed by atoms with Crippen LogP contribution in [0.15, 0.2) is 18.2 Å². The number of piperazine rings is 1. The Kier molecular flexibility index (Phi) is 4.78. The molecule has 0 amide bonds. The third-order valence-corrected chi connectivity index (χ3v) is 4.03. The first-order valence-corrected chi connectivity index (χ1v) is 7.16. The lowest BCUT2D eigenvalue weighted by atomic mass is 10.1. The van der Waals surface area contributed by atoms with Gasteiger partial charge >= 0.3 is 6.18 Å². The van der Waals surface area contributed by atoms with Crippen LogP contribution in [0.1, 0.15) is 25.0 Å². The lowest BCUT2D eigenvalue weighted by molar-refractivity contribution is -0.138. The van der Waals surface area contributed by atoms with Crippen LogP contribution in [0.3, 0.4) is 0 Å². The molecule has 0 spiro atoms. The third kappa shape index (κ3) is 3.89. The SMILES string of the molecule is CCN1CCN(Cc2ccc(O)c(C(F)(F)F)c2)CC1C. The van der Waals surface area contributed by atoms with Crippen molar-refractivity contribution < 1.29 is 18.3 Å². The number of nitrogens with zero attached hydrogens (tertiary/aromatic N) is 2. The van der Waals surface area contributed by atoms with Gasteiger partial charge in [-0.1, -0.05) is 13.0 Å². The van der Waals surface area contributed by atoms with Crippen molar-refractivity contribution in [3.8, 4) is 5.75 Å². The molecule has 2 rings (SSSR count). The van der Waals surface area contributed by atoms with Gasteiger partial charge in [0.2, 0.25) is 0 Å². The molecule has 0 radical (unpaired) electrons. The monoisotopic (exact) mass is 302 g/mol. The van der Waals surface area contributed by atoms with Crippen LogP contribution in [0, 0.1) is 0 Å². The summed E-state index contributed by atoms with van der Waals surface area (Å²) in [6, 6.07) is 4.14. The van der Waals surface area contributed by atoms with Crippen molar-refractivity contribution in [2.75, 3.05) is 26.2 Å². The number of likely N-dealkylation sites (N-methyl/N-ethyl adjacent to an activating group) is 1. The number of phenols is 1. The second-order valence-electron chi connectivity index (χ2n) is 5.56. The van der Waals surface area contributed by atoms with E-state index < -0.39 is 17.5 Å². The van der Waals surface area contributed by atoms with E-state index in [-0.39, 0.29) is 0 Å². The van der Waals surface area contributed by atoms with Gasteiger partial charge in [0, 0.05) is 32.2 Å². The molecule has 6 heteroatoms. The van der Waals surface area contributed by atoms with Crippen LogP contribution in [0.2, 0.25) is 0 Å². The summed E-state index contributed by atoms with van der Waals surface area (Å²) >= 11 is 0. The van der Waals surface area contributed by atoms with Crippen LogP contribution < -0.4 is 0 Å². The lowest BCUT2D eigenvalue weighted by Gasteiger charge is -2.39. The number of hydrogen-bond acceptors (Lipinski definition) is 3. The number of aromatic hydroxyl groups is 1. The van der Waals surface area contributed by atoms with Gasteiger partial charge < -0.3 is 5.11 Å². The average molecular weight is 302 g/mol. The summed E-state index contributed by atoms with van der Waals surface area (Å²) in [6.45, 7) is 8.34. The Morgan fingerprint density at radius 1 is 1.29 bits per heavy atom. The Labute approximate surface area is 123 Å². The van der Waals surface area contributed by atoms with Gasteiger partial charge in [-0.05, 0) is 31.2 Å². The molecule has 1 aliphatic rings. The Balaban J connectivity index is 2.07. The Hall–Kier alpha value is -1.27. The van der Waals surface area contributed by atoms with Crippen molar-refractivity contribution >= 4 is 0 Å². The molecule has 1 aromatic rings. The van der Waals surface area contributed by atoms with Crippen LogP contribution >= 0.6 is 0 Å². The average Bonchev–Trinajstić information content (AvgIpc) is 2.40. The highest BCUT2D eigenvalue weighted by Crippen LogP contribution is 2.36. The van der Waals surface area contributed by atoms with E-state index in [1.54, 1.807) is 6.07 Å². The van der Waals surface area contributed by atoms with Crippen LogP contribution in [0.25, 0.3) is 0 Å². The summed E-state index contributed by atoms with van der Waals surface area (Å²) in [4.78, 5) is 4.51. The van der Waals surface area contributed by atoms with Gasteiger partial charge in [-0.3, -0.25) is 9.80 Å². The standard InChI is InChI=1S/C15H21F3N2O/c1-3-20-7-6-19(9-11(20)2)10-12-4-5-14(21)13(8-12)15(16,17)18/h4-5,8,11,21H,3,6-7,9-10H2,1-2H3. The number of alkyl halides is 3. The van der Waals surface area contributed by atoms with E-state index >= 15 is 0 Å². The van der Waals surface area contributed by atoms with Gasteiger partial charge in [0.05, 0.1) is 5.56 Å². The molecule has 118 valence electrons. The third-order valence-electron chi connectivity index (χ3n) is 4.03. The highest BCUT2D eigenvalue weighted by atomic mass is 19.4. The quantitative estimate of drug-likeness (QED) is 0.930. The molecule has 0 bridgehead atoms. The minimum absolute atomic E-state index is 0.406. The van der Waals surface area contributed by atoms with Crippen molar-refractivity contribution in [3.63, 3.8) is 0 Å². The summed E-state index contributed by atoms with van der Waals surface area (Å²) in [6.07, 6.45) is -4.52. The number of hydrogen-bond donors (Lipinski definition) is 1. The summed E-state index contributed by atoms with van der Waals surface area (Å²) in [5.41, 5.74) is -0.377. The zero-order valence-corrected chi connectivity index (χ0v) is 12.3. The van der Waals surface area contributed by atoms with Crippen LogP contribution in [-0.2, 0) is 12.7 Å². The molecular formula is C15H21F3N2O. The molecule has 1 N–H and O–H groups in total. The van der Waals surface area contributed by atoms with E-state index in [1.807, 2.05) is 0 Å². The van der Waals surface area contributed by atoms with Crippen molar-refractivity contribution in [1.82, 2.24) is 9.80 Å². The molecule has 1 atom stereocenters. The maximum absolute atomic E-state index is 12.8. The molecular weight excluding hydrogens is 281 g/mol. The summed E-state index contributed by atoms with van der Waals surface area (Å²) < 4.78 is 38.4. The molecule has 1 aromatic carbocycles. The van der Waals surface area contributed by atoms with Gasteiger partial charge in [0.25, 0.3) is 0 Å². The molecule has 1 fully saturated rings. The fourth-order valence-corrected chi connectivity index (χ4v) is 2.85. The Bertz CT molecular complexity index is 490. The topological polar surface area (TPSA) is 26.7 Å². The molecule has 3 nitrogen and oxygen atoms in total. The molecule has 1 unspecified atom stereocenters. The maximum Gasteiger partial charge on any atom is 0.419 e. The smallest absolute Gasteiger partial charge is 0.419 e. The van der Waals surface area contributed by atoms with Gasteiger partial charge in [-0.2, -0.15) is 13.2 Å². The highest BCUT2D eigenvalue weighted by molar-refractivity contribution is 5.38. The predicted molar refractivity (Wildman–Crippen MR) is 75.1 cm³/mol. The molecule has 1 saturated heterocycles. The molecule has 1 heterocycles. The van der Waals surface area contributed by atoms with E-state index in [0.717, 1.165) is 38.3 Å². The van der Waals surface area contributed by atoms with E-state index in [9.17, 15) is 18.3 Å². The second-order valence-corrected chi connectivity index (χ2v) is 5.56. The molecule has 0 aliphatic carbocycles. The zero-order valence-electron chi connectivity index (χ0n) is 12.3. The van der Waals surface area contributed by atoms with Gasteiger partial charge in [-0.15, -0.1) is 0 Å². The van der Waals surface area contributed by atoms with Gasteiger partial charge in [0.1, 0.15) is 5.75 Å². The zero-order chi connectivity index (χ0) is 15.6. The van der Waals surface area contributed by atoms with Crippen LogP contribution in [0.4, 0.5) is 13.2 Å². The fourth-order valence-electron chi connectivity index (χ4n) is 2.85. The molecule has 0 aromatic heterocycles. The predicted octanol–water partition coefficient (Wildman–Crippen LogP) is 2.94. The summed E-state index contributed by atoms with van der Waals surface area (Å²) in [5.74, 6) is -0.713. The molecule has 1 aliphatic heterocycles. The van der Waals surface area contributed by atoms with Crippen molar-refractivity contribution in [2.45, 2.75) is 32.6 Å². The summed E-state index contributed by atoms with van der Waals surface area (Å²) in [7, 11) is 0. The first-order valence-electron chi connectivity index (χ1n) is 7.16. The first kappa shape index (κ1) is 16.1. The number of benzene rings is 1. The fraction of sp³-hybridized carbons (Fsp3) is 0.600. The largest absolute Gasteiger partial charge is 0.507 e. The number of rotatable bonds is 3. The Morgan fingerprint density at radius 3 is 2.57 bits per heavy atom. The van der Waals surface area contributed by atoms with Crippen LogP contribution in [0.5, 0.6) is 5.75 Å².